The number of carboxylic acid groups (broad SMARTS) is 1. The lowest BCUT2D eigenvalue weighted by molar-refractivity contribution is -0.246. The van der Waals surface area contributed by atoms with Crippen LogP contribution in [0.25, 0.3) is 0 Å². The number of nitrogen functional groups attached to an aromatic ring is 1. The predicted octanol–water partition coefficient (Wildman–Crippen LogP) is 2.66. The summed E-state index contributed by atoms with van der Waals surface area (Å²) in [6, 6.07) is 8.43. The molecular formula is C22H27N6O4-. The van der Waals surface area contributed by atoms with Crippen molar-refractivity contribution in [2.45, 2.75) is 39.7 Å². The van der Waals surface area contributed by atoms with Crippen LogP contribution in [0.4, 0.5) is 32.6 Å². The van der Waals surface area contributed by atoms with Crippen LogP contribution in [0.1, 0.15) is 39.2 Å². The van der Waals surface area contributed by atoms with Crippen LogP contribution < -0.4 is 31.1 Å². The number of amides is 2. The van der Waals surface area contributed by atoms with E-state index < -0.39 is 12.2 Å². The van der Waals surface area contributed by atoms with Crippen molar-refractivity contribution in [3.05, 3.63) is 35.9 Å². The fraction of sp³-hybridized carbons (Fsp3) is 0.364. The second-order valence-electron chi connectivity index (χ2n) is 7.33. The summed E-state index contributed by atoms with van der Waals surface area (Å²) in [5.41, 5.74) is 8.66. The van der Waals surface area contributed by atoms with Gasteiger partial charge >= 0.3 is 6.09 Å². The van der Waals surface area contributed by atoms with Gasteiger partial charge in [0, 0.05) is 19.2 Å². The number of pyridine rings is 1. The molecule has 0 aliphatic carbocycles. The largest absolute Gasteiger partial charge is 0.530 e. The van der Waals surface area contributed by atoms with Gasteiger partial charge in [-0.3, -0.25) is 0 Å². The molecule has 32 heavy (non-hydrogen) atoms. The van der Waals surface area contributed by atoms with Gasteiger partial charge in [-0.2, -0.15) is 0 Å². The molecule has 10 heteroatoms. The lowest BCUT2D eigenvalue weighted by atomic mass is 10.0. The highest BCUT2D eigenvalue weighted by molar-refractivity contribution is 6.10. The van der Waals surface area contributed by atoms with Crippen molar-refractivity contribution in [3.8, 4) is 5.75 Å². The first-order valence-corrected chi connectivity index (χ1v) is 10.5. The van der Waals surface area contributed by atoms with Gasteiger partial charge in [-0.25, -0.2) is 14.8 Å². The Morgan fingerprint density at radius 1 is 1.28 bits per heavy atom. The monoisotopic (exact) mass is 439 g/mol. The van der Waals surface area contributed by atoms with E-state index in [1.54, 1.807) is 25.1 Å². The maximum Gasteiger partial charge on any atom is 0.412 e. The van der Waals surface area contributed by atoms with Gasteiger partial charge in [-0.05, 0) is 50.1 Å². The number of hydrogen-bond acceptors (Lipinski definition) is 8. The van der Waals surface area contributed by atoms with E-state index in [1.165, 1.54) is 0 Å². The molecule has 1 aromatic carbocycles. The van der Waals surface area contributed by atoms with Crippen molar-refractivity contribution in [3.63, 3.8) is 0 Å². The van der Waals surface area contributed by atoms with Crippen LogP contribution in [0.2, 0.25) is 0 Å². The fourth-order valence-electron chi connectivity index (χ4n) is 3.33. The Kier molecular flexibility index (Phi) is 7.14. The standard InChI is InChI=1S/C22H28N6O4/c1-4-6-11-24-21(29)32-15-9-7-14(8-10-15)18-13(3)25-16-12-17(28(5-2)22(30)31)26-20(23)19(16)27-18/h7-10,12-13,25H,4-6,11H2,1-3H3,(H2,23,26)(H,24,29)(H,30,31)/p-1/t13-/m0/s1. The average molecular weight is 439 g/mol. The molecule has 1 aliphatic rings. The molecule has 0 fully saturated rings. The molecule has 2 aromatic rings. The van der Waals surface area contributed by atoms with E-state index in [1.807, 2.05) is 26.0 Å². The first-order chi connectivity index (χ1) is 15.3. The van der Waals surface area contributed by atoms with Crippen LogP contribution in [-0.4, -0.2) is 42.0 Å². The SMILES string of the molecule is CCCCNC(=O)Oc1ccc(C2=Nc3c(cc(N(CC)C(=O)[O-])nc3N)N[C@H]2C)cc1. The summed E-state index contributed by atoms with van der Waals surface area (Å²) in [5.74, 6) is 0.714. The van der Waals surface area contributed by atoms with E-state index in [0.717, 1.165) is 29.0 Å². The average Bonchev–Trinajstić information content (AvgIpc) is 2.74. The minimum Gasteiger partial charge on any atom is -0.530 e. The molecule has 1 atom stereocenters. The number of benzene rings is 1. The molecule has 10 nitrogen and oxygen atoms in total. The Labute approximate surface area is 186 Å². The minimum absolute atomic E-state index is 0.109. The van der Waals surface area contributed by atoms with Gasteiger partial charge in [-0.15, -0.1) is 0 Å². The number of nitrogens with two attached hydrogens (primary N) is 1. The zero-order chi connectivity index (χ0) is 23.3. The van der Waals surface area contributed by atoms with E-state index in [0.29, 0.717) is 23.7 Å². The third-order valence-corrected chi connectivity index (χ3v) is 4.99. The molecule has 0 saturated heterocycles. The number of ether oxygens (including phenoxy) is 1. The number of unbranched alkanes of at least 4 members (excludes halogenated alkanes) is 1. The third-order valence-electron chi connectivity index (χ3n) is 4.99. The summed E-state index contributed by atoms with van der Waals surface area (Å²) < 4.78 is 5.28. The molecule has 1 aliphatic heterocycles. The molecule has 0 spiro atoms. The highest BCUT2D eigenvalue weighted by Gasteiger charge is 2.24. The molecule has 4 N–H and O–H groups in total. The van der Waals surface area contributed by atoms with Crippen LogP contribution in [-0.2, 0) is 0 Å². The van der Waals surface area contributed by atoms with Crippen molar-refractivity contribution < 1.29 is 19.4 Å². The predicted molar refractivity (Wildman–Crippen MR) is 122 cm³/mol. The summed E-state index contributed by atoms with van der Waals surface area (Å²) >= 11 is 0. The van der Waals surface area contributed by atoms with Crippen LogP contribution >= 0.6 is 0 Å². The third kappa shape index (κ3) is 5.08. The smallest absolute Gasteiger partial charge is 0.412 e. The zero-order valence-corrected chi connectivity index (χ0v) is 18.3. The summed E-state index contributed by atoms with van der Waals surface area (Å²) in [6.45, 7) is 6.41. The Bertz CT molecular complexity index is 1020. The molecule has 2 amide bonds. The second kappa shape index (κ2) is 9.99. The molecule has 0 unspecified atom stereocenters. The van der Waals surface area contributed by atoms with Crippen molar-refractivity contribution in [2.24, 2.45) is 4.99 Å². The molecule has 0 saturated carbocycles. The number of fused-ring (bicyclic) bond motifs is 1. The summed E-state index contributed by atoms with van der Waals surface area (Å²) in [5, 5.41) is 17.3. The van der Waals surface area contributed by atoms with Crippen LogP contribution in [0.5, 0.6) is 5.75 Å². The normalized spacial score (nSPS) is 14.6. The summed E-state index contributed by atoms with van der Waals surface area (Å²) in [6.07, 6.45) is 0.0383. The van der Waals surface area contributed by atoms with Gasteiger partial charge in [0.05, 0.1) is 17.4 Å². The first-order valence-electron chi connectivity index (χ1n) is 10.5. The molecule has 1 aromatic heterocycles. The molecule has 2 heterocycles. The Morgan fingerprint density at radius 3 is 2.62 bits per heavy atom. The van der Waals surface area contributed by atoms with E-state index in [9.17, 15) is 14.7 Å². The number of carbonyl (C=O) groups excluding carboxylic acids is 2. The Balaban J connectivity index is 1.81. The maximum atomic E-state index is 11.8. The van der Waals surface area contributed by atoms with Crippen LogP contribution in [0.3, 0.4) is 0 Å². The summed E-state index contributed by atoms with van der Waals surface area (Å²) in [4.78, 5) is 33.0. The maximum absolute atomic E-state index is 11.8. The fourth-order valence-corrected chi connectivity index (χ4v) is 3.33. The second-order valence-corrected chi connectivity index (χ2v) is 7.33. The number of rotatable bonds is 7. The van der Waals surface area contributed by atoms with E-state index in [2.05, 4.69) is 20.6 Å². The molecular weight excluding hydrogens is 412 g/mol. The summed E-state index contributed by atoms with van der Waals surface area (Å²) in [7, 11) is 0. The number of nitrogens with one attached hydrogen (secondary N) is 2. The lowest BCUT2D eigenvalue weighted by Crippen LogP contribution is -2.41. The van der Waals surface area contributed by atoms with Gasteiger partial charge in [0.2, 0.25) is 0 Å². The van der Waals surface area contributed by atoms with Crippen molar-refractivity contribution in [2.75, 3.05) is 29.0 Å². The van der Waals surface area contributed by atoms with Gasteiger partial charge < -0.3 is 35.9 Å². The molecule has 170 valence electrons. The van der Waals surface area contributed by atoms with Gasteiger partial charge in [0.25, 0.3) is 0 Å². The van der Waals surface area contributed by atoms with Crippen molar-refractivity contribution in [1.29, 1.82) is 0 Å². The molecule has 0 bridgehead atoms. The first kappa shape index (κ1) is 22.9. The Hall–Kier alpha value is -3.82. The highest BCUT2D eigenvalue weighted by Crippen LogP contribution is 2.38. The van der Waals surface area contributed by atoms with Crippen LogP contribution in [0, 0.1) is 0 Å². The lowest BCUT2D eigenvalue weighted by Gasteiger charge is -2.28. The minimum atomic E-state index is -1.35. The van der Waals surface area contributed by atoms with E-state index in [-0.39, 0.29) is 24.2 Å². The highest BCUT2D eigenvalue weighted by atomic mass is 16.6. The zero-order valence-electron chi connectivity index (χ0n) is 18.3. The number of carbonyl (C=O) groups is 2. The number of hydrogen-bond donors (Lipinski definition) is 3. The number of nitrogens with zero attached hydrogens (tertiary/aromatic N) is 3. The van der Waals surface area contributed by atoms with Crippen LogP contribution in [0.15, 0.2) is 35.3 Å². The van der Waals surface area contributed by atoms with E-state index >= 15 is 0 Å². The number of aliphatic imine (C=N–C) groups is 1. The van der Waals surface area contributed by atoms with Gasteiger partial charge in [-0.1, -0.05) is 13.3 Å². The molecule has 3 rings (SSSR count). The van der Waals surface area contributed by atoms with Gasteiger partial charge in [0.1, 0.15) is 23.3 Å². The molecule has 0 radical (unpaired) electrons. The number of aromatic nitrogens is 1. The Morgan fingerprint density at radius 2 is 2.00 bits per heavy atom. The quantitative estimate of drug-likeness (QED) is 0.562. The number of anilines is 3. The van der Waals surface area contributed by atoms with Gasteiger partial charge in [0.15, 0.2) is 5.82 Å². The topological polar surface area (TPSA) is 145 Å². The van der Waals surface area contributed by atoms with Crippen molar-refractivity contribution >= 4 is 40.9 Å². The van der Waals surface area contributed by atoms with E-state index in [4.69, 9.17) is 10.5 Å². The van der Waals surface area contributed by atoms with Crippen molar-refractivity contribution in [1.82, 2.24) is 10.3 Å².